The van der Waals surface area contributed by atoms with Crippen LogP contribution in [0.4, 0.5) is 0 Å². The summed E-state index contributed by atoms with van der Waals surface area (Å²) in [4.78, 5) is 11.1. The van der Waals surface area contributed by atoms with Crippen molar-refractivity contribution >= 4 is 5.91 Å². The predicted molar refractivity (Wildman–Crippen MR) is 44.2 cm³/mol. The number of hydrogen-bond donors (Lipinski definition) is 2. The van der Waals surface area contributed by atoms with Gasteiger partial charge in [-0.1, -0.05) is 13.8 Å². The maximum Gasteiger partial charge on any atom is 0.225 e. The van der Waals surface area contributed by atoms with Crippen LogP contribution in [-0.4, -0.2) is 24.2 Å². The van der Waals surface area contributed by atoms with E-state index in [-0.39, 0.29) is 18.4 Å². The molecule has 3 nitrogen and oxygen atoms in total. The molecule has 3 heteroatoms. The molecule has 0 aliphatic carbocycles. The minimum Gasteiger partial charge on any atom is -0.396 e. The summed E-state index contributed by atoms with van der Waals surface area (Å²) in [6, 6.07) is 0. The molecule has 0 radical (unpaired) electrons. The molecular formula is C8H17NO2. The standard InChI is InChI=1S/C8H17NO2/c1-3-5-9-8(11)7(4-2)6-10/h7,10H,3-6H2,1-2H3,(H,9,11). The molecule has 2 N–H and O–H groups in total. The molecule has 1 unspecified atom stereocenters. The van der Waals surface area contributed by atoms with Crippen LogP contribution < -0.4 is 5.32 Å². The van der Waals surface area contributed by atoms with Crippen LogP contribution in [0.15, 0.2) is 0 Å². The molecule has 0 aromatic carbocycles. The molecule has 0 bridgehead atoms. The van der Waals surface area contributed by atoms with Gasteiger partial charge >= 0.3 is 0 Å². The van der Waals surface area contributed by atoms with Gasteiger partial charge < -0.3 is 10.4 Å². The largest absolute Gasteiger partial charge is 0.396 e. The van der Waals surface area contributed by atoms with E-state index in [1.807, 2.05) is 13.8 Å². The van der Waals surface area contributed by atoms with Crippen molar-refractivity contribution in [1.29, 1.82) is 0 Å². The molecule has 0 aliphatic rings. The number of aliphatic hydroxyl groups excluding tert-OH is 1. The average Bonchev–Trinajstić information content (AvgIpc) is 2.03. The Bertz CT molecular complexity index is 111. The first-order chi connectivity index (χ1) is 5.26. The van der Waals surface area contributed by atoms with Gasteiger partial charge in [-0.15, -0.1) is 0 Å². The second-order valence-corrected chi connectivity index (χ2v) is 2.58. The summed E-state index contributed by atoms with van der Waals surface area (Å²) in [5.74, 6) is -0.251. The summed E-state index contributed by atoms with van der Waals surface area (Å²) in [5.41, 5.74) is 0. The van der Waals surface area contributed by atoms with Gasteiger partial charge in [0.05, 0.1) is 12.5 Å². The van der Waals surface area contributed by atoms with Gasteiger partial charge in [0.25, 0.3) is 0 Å². The normalized spacial score (nSPS) is 12.6. The summed E-state index contributed by atoms with van der Waals surface area (Å²) < 4.78 is 0. The highest BCUT2D eigenvalue weighted by Gasteiger charge is 2.13. The summed E-state index contributed by atoms with van der Waals surface area (Å²) in [6.45, 7) is 4.55. The predicted octanol–water partition coefficient (Wildman–Crippen LogP) is 0.531. The highest BCUT2D eigenvalue weighted by Crippen LogP contribution is 1.99. The van der Waals surface area contributed by atoms with Crippen molar-refractivity contribution in [3.63, 3.8) is 0 Å². The Morgan fingerprint density at radius 3 is 2.55 bits per heavy atom. The molecule has 11 heavy (non-hydrogen) atoms. The van der Waals surface area contributed by atoms with E-state index >= 15 is 0 Å². The second kappa shape index (κ2) is 6.16. The van der Waals surface area contributed by atoms with E-state index in [1.54, 1.807) is 0 Å². The van der Waals surface area contributed by atoms with Crippen LogP contribution in [0.1, 0.15) is 26.7 Å². The average molecular weight is 159 g/mol. The van der Waals surface area contributed by atoms with Gasteiger partial charge in [-0.05, 0) is 12.8 Å². The number of rotatable bonds is 5. The minimum absolute atomic E-state index is 0.0307. The quantitative estimate of drug-likeness (QED) is 0.614. The van der Waals surface area contributed by atoms with Gasteiger partial charge in [0.1, 0.15) is 0 Å². The third kappa shape index (κ3) is 3.98. The molecule has 0 aliphatic heterocycles. The molecule has 0 heterocycles. The lowest BCUT2D eigenvalue weighted by molar-refractivity contribution is -0.126. The molecular weight excluding hydrogens is 142 g/mol. The number of carbonyl (C=O) groups is 1. The third-order valence-electron chi connectivity index (χ3n) is 1.63. The van der Waals surface area contributed by atoms with Crippen LogP contribution in [0.2, 0.25) is 0 Å². The topological polar surface area (TPSA) is 49.3 Å². The van der Waals surface area contributed by atoms with Crippen molar-refractivity contribution in [3.8, 4) is 0 Å². The van der Waals surface area contributed by atoms with Crippen molar-refractivity contribution in [3.05, 3.63) is 0 Å². The summed E-state index contributed by atoms with van der Waals surface area (Å²) in [7, 11) is 0. The first-order valence-electron chi connectivity index (χ1n) is 4.14. The van der Waals surface area contributed by atoms with Crippen LogP contribution in [0.5, 0.6) is 0 Å². The molecule has 1 atom stereocenters. The maximum atomic E-state index is 11.1. The highest BCUT2D eigenvalue weighted by atomic mass is 16.3. The Balaban J connectivity index is 3.61. The van der Waals surface area contributed by atoms with Gasteiger partial charge in [0.15, 0.2) is 0 Å². The number of hydrogen-bond acceptors (Lipinski definition) is 2. The molecule has 0 spiro atoms. The van der Waals surface area contributed by atoms with Crippen molar-refractivity contribution in [2.24, 2.45) is 5.92 Å². The molecule has 0 saturated carbocycles. The molecule has 0 saturated heterocycles. The van der Waals surface area contributed by atoms with Crippen LogP contribution in [0, 0.1) is 5.92 Å². The van der Waals surface area contributed by atoms with Gasteiger partial charge in [0, 0.05) is 6.54 Å². The summed E-state index contributed by atoms with van der Waals surface area (Å²) in [6.07, 6.45) is 1.64. The molecule has 0 aromatic rings. The van der Waals surface area contributed by atoms with Gasteiger partial charge in [-0.3, -0.25) is 4.79 Å². The van der Waals surface area contributed by atoms with E-state index in [4.69, 9.17) is 5.11 Å². The summed E-state index contributed by atoms with van der Waals surface area (Å²) >= 11 is 0. The monoisotopic (exact) mass is 159 g/mol. The van der Waals surface area contributed by atoms with Crippen molar-refractivity contribution in [2.75, 3.05) is 13.2 Å². The van der Waals surface area contributed by atoms with E-state index in [2.05, 4.69) is 5.32 Å². The van der Waals surface area contributed by atoms with Crippen LogP contribution in [0.25, 0.3) is 0 Å². The molecule has 1 amide bonds. The number of nitrogens with one attached hydrogen (secondary N) is 1. The zero-order chi connectivity index (χ0) is 8.69. The molecule has 66 valence electrons. The Hall–Kier alpha value is -0.570. The van der Waals surface area contributed by atoms with E-state index in [9.17, 15) is 4.79 Å². The van der Waals surface area contributed by atoms with Crippen LogP contribution >= 0.6 is 0 Å². The molecule has 0 rings (SSSR count). The third-order valence-corrected chi connectivity index (χ3v) is 1.63. The number of carbonyl (C=O) groups excluding carboxylic acids is 1. The number of amides is 1. The Morgan fingerprint density at radius 2 is 2.18 bits per heavy atom. The SMILES string of the molecule is CCCNC(=O)C(CC)CO. The fourth-order valence-corrected chi connectivity index (χ4v) is 0.790. The van der Waals surface area contributed by atoms with Crippen LogP contribution in [0.3, 0.4) is 0 Å². The fourth-order valence-electron chi connectivity index (χ4n) is 0.790. The summed E-state index contributed by atoms with van der Waals surface area (Å²) in [5, 5.41) is 11.5. The van der Waals surface area contributed by atoms with Crippen LogP contribution in [-0.2, 0) is 4.79 Å². The first kappa shape index (κ1) is 10.4. The van der Waals surface area contributed by atoms with Crippen molar-refractivity contribution in [2.45, 2.75) is 26.7 Å². The van der Waals surface area contributed by atoms with E-state index in [1.165, 1.54) is 0 Å². The van der Waals surface area contributed by atoms with Gasteiger partial charge in [-0.25, -0.2) is 0 Å². The number of aliphatic hydroxyl groups is 1. The smallest absolute Gasteiger partial charge is 0.225 e. The second-order valence-electron chi connectivity index (χ2n) is 2.58. The highest BCUT2D eigenvalue weighted by molar-refractivity contribution is 5.78. The first-order valence-corrected chi connectivity index (χ1v) is 4.14. The van der Waals surface area contributed by atoms with Crippen molar-refractivity contribution < 1.29 is 9.90 Å². The Kier molecular flexibility index (Phi) is 5.84. The van der Waals surface area contributed by atoms with E-state index in [0.717, 1.165) is 6.42 Å². The lowest BCUT2D eigenvalue weighted by atomic mass is 10.1. The van der Waals surface area contributed by atoms with Gasteiger partial charge in [0.2, 0.25) is 5.91 Å². The Labute approximate surface area is 67.8 Å². The van der Waals surface area contributed by atoms with Gasteiger partial charge in [-0.2, -0.15) is 0 Å². The van der Waals surface area contributed by atoms with E-state index < -0.39 is 0 Å². The van der Waals surface area contributed by atoms with E-state index in [0.29, 0.717) is 13.0 Å². The van der Waals surface area contributed by atoms with Crippen molar-refractivity contribution in [1.82, 2.24) is 5.32 Å². The minimum atomic E-state index is -0.221. The maximum absolute atomic E-state index is 11.1. The fraction of sp³-hybridized carbons (Fsp3) is 0.875. The lowest BCUT2D eigenvalue weighted by Crippen LogP contribution is -2.32. The zero-order valence-corrected chi connectivity index (χ0v) is 7.26. The lowest BCUT2D eigenvalue weighted by Gasteiger charge is -2.10. The Morgan fingerprint density at radius 1 is 1.55 bits per heavy atom. The molecule has 0 aromatic heterocycles. The zero-order valence-electron chi connectivity index (χ0n) is 7.26. The molecule has 0 fully saturated rings.